The van der Waals surface area contributed by atoms with Gasteiger partial charge in [-0.05, 0) is 37.5 Å². The average molecular weight is 443 g/mol. The first-order valence-corrected chi connectivity index (χ1v) is 14.1. The van der Waals surface area contributed by atoms with E-state index in [4.69, 9.17) is 8.37 Å². The summed E-state index contributed by atoms with van der Waals surface area (Å²) in [7, 11) is -7.21. The van der Waals surface area contributed by atoms with Gasteiger partial charge in [0.15, 0.2) is 0 Å². The molecule has 0 aromatic rings. The molecule has 0 saturated carbocycles. The molecule has 2 atom stereocenters. The van der Waals surface area contributed by atoms with E-state index in [1.54, 1.807) is 0 Å². The molecule has 170 valence electrons. The molecule has 28 heavy (non-hydrogen) atoms. The Balaban J connectivity index is 4.16. The lowest BCUT2D eigenvalue weighted by Crippen LogP contribution is -2.19. The van der Waals surface area contributed by atoms with Crippen LogP contribution < -0.4 is 0 Å². The molecule has 0 aromatic carbocycles. The van der Waals surface area contributed by atoms with E-state index in [0.717, 1.165) is 51.4 Å². The molecule has 6 nitrogen and oxygen atoms in total. The van der Waals surface area contributed by atoms with Gasteiger partial charge in [0.2, 0.25) is 0 Å². The summed E-state index contributed by atoms with van der Waals surface area (Å²) in [4.78, 5) is 0. The molecule has 2 unspecified atom stereocenters. The second-order valence-electron chi connectivity index (χ2n) is 7.63. The zero-order valence-corrected chi connectivity index (χ0v) is 20.0. The standard InChI is InChI=1S/C20H42O6S2/c1-5-9-13-19(7-3)17-25-27(21,22)15-11-12-16-28(23,24)26-18-20(8-4)14-10-6-2/h19-20H,5-18H2,1-4H3. The molecule has 0 aromatic heterocycles. The zero-order chi connectivity index (χ0) is 21.5. The number of rotatable bonds is 19. The van der Waals surface area contributed by atoms with E-state index >= 15 is 0 Å². The Kier molecular flexibility index (Phi) is 15.5. The molecule has 0 bridgehead atoms. The monoisotopic (exact) mass is 442 g/mol. The molecule has 0 heterocycles. The van der Waals surface area contributed by atoms with Gasteiger partial charge in [0.25, 0.3) is 20.2 Å². The summed E-state index contributed by atoms with van der Waals surface area (Å²) in [6.07, 6.45) is 8.52. The molecule has 8 heteroatoms. The van der Waals surface area contributed by atoms with E-state index in [0.29, 0.717) is 0 Å². The Morgan fingerprint density at radius 1 is 0.607 bits per heavy atom. The normalized spacial score (nSPS) is 14.9. The van der Waals surface area contributed by atoms with Crippen LogP contribution in [0.4, 0.5) is 0 Å². The maximum atomic E-state index is 12.0. The quantitative estimate of drug-likeness (QED) is 0.209. The van der Waals surface area contributed by atoms with E-state index in [1.165, 1.54) is 0 Å². The second kappa shape index (κ2) is 15.6. The predicted octanol–water partition coefficient (Wildman–Crippen LogP) is 4.89. The van der Waals surface area contributed by atoms with E-state index in [-0.39, 0.29) is 49.4 Å². The molecule has 0 rings (SSSR count). The molecular formula is C20H42O6S2. The molecular weight excluding hydrogens is 400 g/mol. The smallest absolute Gasteiger partial charge is 0.267 e. The van der Waals surface area contributed by atoms with Crippen LogP contribution in [0.25, 0.3) is 0 Å². The largest absolute Gasteiger partial charge is 0.270 e. The molecule has 0 spiro atoms. The van der Waals surface area contributed by atoms with Crippen molar-refractivity contribution in [2.24, 2.45) is 11.8 Å². The van der Waals surface area contributed by atoms with Crippen LogP contribution in [-0.2, 0) is 28.6 Å². The van der Waals surface area contributed by atoms with Crippen LogP contribution in [0.3, 0.4) is 0 Å². The van der Waals surface area contributed by atoms with Crippen molar-refractivity contribution in [1.82, 2.24) is 0 Å². The minimum absolute atomic E-state index is 0.152. The van der Waals surface area contributed by atoms with Gasteiger partial charge < -0.3 is 0 Å². The van der Waals surface area contributed by atoms with Crippen LogP contribution in [-0.4, -0.2) is 41.6 Å². The maximum Gasteiger partial charge on any atom is 0.267 e. The van der Waals surface area contributed by atoms with E-state index in [1.807, 2.05) is 13.8 Å². The minimum Gasteiger partial charge on any atom is -0.270 e. The van der Waals surface area contributed by atoms with Gasteiger partial charge >= 0.3 is 0 Å². The molecule has 0 amide bonds. The summed E-state index contributed by atoms with van der Waals surface area (Å²) < 4.78 is 58.3. The fourth-order valence-electron chi connectivity index (χ4n) is 2.87. The summed E-state index contributed by atoms with van der Waals surface area (Å²) in [6.45, 7) is 8.72. The third-order valence-electron chi connectivity index (χ3n) is 5.09. The zero-order valence-electron chi connectivity index (χ0n) is 18.3. The van der Waals surface area contributed by atoms with Gasteiger partial charge in [-0.3, -0.25) is 8.37 Å². The Labute approximate surface area is 174 Å². The minimum atomic E-state index is -3.61. The van der Waals surface area contributed by atoms with Crippen molar-refractivity contribution in [1.29, 1.82) is 0 Å². The van der Waals surface area contributed by atoms with Crippen LogP contribution >= 0.6 is 0 Å². The summed E-state index contributed by atoms with van der Waals surface area (Å²) in [5, 5.41) is 0. The first kappa shape index (κ1) is 27.8. The Morgan fingerprint density at radius 3 is 1.25 bits per heavy atom. The van der Waals surface area contributed by atoms with Gasteiger partial charge in [0, 0.05) is 0 Å². The van der Waals surface area contributed by atoms with Gasteiger partial charge in [0.1, 0.15) is 0 Å². The summed E-state index contributed by atoms with van der Waals surface area (Å²) in [5.74, 6) is 0.201. The van der Waals surface area contributed by atoms with E-state index < -0.39 is 20.2 Å². The van der Waals surface area contributed by atoms with Crippen LogP contribution in [0.2, 0.25) is 0 Å². The molecule has 0 aliphatic heterocycles. The van der Waals surface area contributed by atoms with Gasteiger partial charge in [0.05, 0.1) is 24.7 Å². The van der Waals surface area contributed by atoms with Crippen molar-refractivity contribution in [3.63, 3.8) is 0 Å². The molecule has 0 fully saturated rings. The summed E-state index contributed by atoms with van der Waals surface area (Å²) in [6, 6.07) is 0. The highest BCUT2D eigenvalue weighted by Gasteiger charge is 2.18. The van der Waals surface area contributed by atoms with Crippen molar-refractivity contribution >= 4 is 20.2 Å². The summed E-state index contributed by atoms with van der Waals surface area (Å²) >= 11 is 0. The highest BCUT2D eigenvalue weighted by molar-refractivity contribution is 7.87. The van der Waals surface area contributed by atoms with Gasteiger partial charge in [-0.2, -0.15) is 16.8 Å². The average Bonchev–Trinajstić information content (AvgIpc) is 2.65. The van der Waals surface area contributed by atoms with E-state index in [9.17, 15) is 16.8 Å². The Bertz CT molecular complexity index is 520. The van der Waals surface area contributed by atoms with Crippen molar-refractivity contribution in [3.05, 3.63) is 0 Å². The highest BCUT2D eigenvalue weighted by atomic mass is 32.2. The lowest BCUT2D eigenvalue weighted by molar-refractivity contribution is 0.236. The topological polar surface area (TPSA) is 86.7 Å². The molecule has 0 aliphatic rings. The number of unbranched alkanes of at least 4 members (excludes halogenated alkanes) is 3. The molecule has 0 saturated heterocycles. The first-order chi connectivity index (χ1) is 13.2. The lowest BCUT2D eigenvalue weighted by Gasteiger charge is -2.15. The fourth-order valence-corrected chi connectivity index (χ4v) is 5.02. The van der Waals surface area contributed by atoms with Gasteiger partial charge in [-0.25, -0.2) is 0 Å². The van der Waals surface area contributed by atoms with Crippen LogP contribution in [0, 0.1) is 11.8 Å². The predicted molar refractivity (Wildman–Crippen MR) is 115 cm³/mol. The number of hydrogen-bond acceptors (Lipinski definition) is 6. The van der Waals surface area contributed by atoms with Crippen LogP contribution in [0.1, 0.15) is 91.9 Å². The molecule has 0 aliphatic carbocycles. The maximum absolute atomic E-state index is 12.0. The van der Waals surface area contributed by atoms with Gasteiger partial charge in [-0.15, -0.1) is 0 Å². The van der Waals surface area contributed by atoms with Crippen molar-refractivity contribution in [3.8, 4) is 0 Å². The molecule has 0 N–H and O–H groups in total. The lowest BCUT2D eigenvalue weighted by atomic mass is 10.0. The summed E-state index contributed by atoms with van der Waals surface area (Å²) in [5.41, 5.74) is 0. The fraction of sp³-hybridized carbons (Fsp3) is 1.00. The third kappa shape index (κ3) is 14.8. The third-order valence-corrected chi connectivity index (χ3v) is 7.66. The van der Waals surface area contributed by atoms with Crippen molar-refractivity contribution < 1.29 is 25.2 Å². The first-order valence-electron chi connectivity index (χ1n) is 10.9. The number of hydrogen-bond donors (Lipinski definition) is 0. The SMILES string of the molecule is CCCCC(CC)COS(=O)(=O)CCCCS(=O)(=O)OCC(CC)CCCC. The van der Waals surface area contributed by atoms with Crippen LogP contribution in [0.5, 0.6) is 0 Å². The van der Waals surface area contributed by atoms with E-state index in [2.05, 4.69) is 13.8 Å². The van der Waals surface area contributed by atoms with Crippen molar-refractivity contribution in [2.45, 2.75) is 91.9 Å². The van der Waals surface area contributed by atoms with Crippen molar-refractivity contribution in [2.75, 3.05) is 24.7 Å². The second-order valence-corrected chi connectivity index (χ2v) is 11.2. The van der Waals surface area contributed by atoms with Crippen LogP contribution in [0.15, 0.2) is 0 Å². The highest BCUT2D eigenvalue weighted by Crippen LogP contribution is 2.16. The Hall–Kier alpha value is -0.180. The Morgan fingerprint density at radius 2 is 0.964 bits per heavy atom. The molecule has 0 radical (unpaired) electrons. The van der Waals surface area contributed by atoms with Gasteiger partial charge in [-0.1, -0.05) is 66.2 Å².